The van der Waals surface area contributed by atoms with E-state index in [-0.39, 0.29) is 23.3 Å². The first-order chi connectivity index (χ1) is 11.0. The summed E-state index contributed by atoms with van der Waals surface area (Å²) in [5, 5.41) is 0.941. The van der Waals surface area contributed by atoms with Crippen molar-refractivity contribution >= 4 is 33.3 Å². The van der Waals surface area contributed by atoms with Crippen molar-refractivity contribution in [2.45, 2.75) is 30.7 Å². The smallest absolute Gasteiger partial charge is 0.268 e. The van der Waals surface area contributed by atoms with E-state index in [1.807, 2.05) is 31.2 Å². The lowest BCUT2D eigenvalue weighted by atomic mass is 10.0. The van der Waals surface area contributed by atoms with Crippen LogP contribution in [0, 0.1) is 0 Å². The fourth-order valence-electron chi connectivity index (χ4n) is 2.71. The maximum Gasteiger partial charge on any atom is 0.268 e. The van der Waals surface area contributed by atoms with E-state index in [1.54, 1.807) is 36.5 Å². The van der Waals surface area contributed by atoms with Crippen LogP contribution in [0.1, 0.15) is 18.9 Å². The summed E-state index contributed by atoms with van der Waals surface area (Å²) in [7, 11) is -3.61. The number of hydrogen-bond donors (Lipinski definition) is 1. The van der Waals surface area contributed by atoms with Crippen molar-refractivity contribution < 1.29 is 8.42 Å². The molecule has 1 aromatic heterocycles. The van der Waals surface area contributed by atoms with Gasteiger partial charge >= 0.3 is 0 Å². The topological polar surface area (TPSA) is 65.1 Å². The second-order valence-electron chi connectivity index (χ2n) is 5.66. The molecule has 0 bridgehead atoms. The van der Waals surface area contributed by atoms with E-state index in [2.05, 4.69) is 0 Å². The van der Waals surface area contributed by atoms with Gasteiger partial charge in [0.25, 0.3) is 10.0 Å². The molecule has 3 rings (SSSR count). The molecule has 1 atom stereocenters. The number of fused-ring (bicyclic) bond motifs is 1. The summed E-state index contributed by atoms with van der Waals surface area (Å²) in [5.41, 5.74) is 7.72. The minimum atomic E-state index is -3.61. The normalized spacial score (nSPS) is 12.8. The molecule has 0 saturated carbocycles. The van der Waals surface area contributed by atoms with Crippen LogP contribution in [0.3, 0.4) is 0 Å². The van der Waals surface area contributed by atoms with Gasteiger partial charge in [-0.05, 0) is 36.6 Å². The van der Waals surface area contributed by atoms with Crippen molar-refractivity contribution in [3.8, 4) is 0 Å². The van der Waals surface area contributed by atoms with Gasteiger partial charge in [0.05, 0.1) is 10.4 Å². The summed E-state index contributed by atoms with van der Waals surface area (Å²) in [6.45, 7) is 2.03. The minimum absolute atomic E-state index is 0. The number of nitrogens with two attached hydrogens (primary N) is 1. The summed E-state index contributed by atoms with van der Waals surface area (Å²) >= 11 is 0. The highest BCUT2D eigenvalue weighted by molar-refractivity contribution is 7.90. The average Bonchev–Trinajstić information content (AvgIpc) is 2.95. The van der Waals surface area contributed by atoms with Gasteiger partial charge < -0.3 is 5.73 Å². The molecular formula is C18H21ClN2O2S. The maximum atomic E-state index is 12.9. The molecule has 6 heteroatoms. The molecule has 1 heterocycles. The van der Waals surface area contributed by atoms with Crippen molar-refractivity contribution in [1.82, 2.24) is 3.97 Å². The van der Waals surface area contributed by atoms with Gasteiger partial charge in [-0.2, -0.15) is 0 Å². The van der Waals surface area contributed by atoms with Gasteiger partial charge in [0, 0.05) is 17.6 Å². The number of nitrogens with zero attached hydrogens (tertiary/aromatic N) is 1. The Bertz CT molecular complexity index is 921. The molecule has 0 fully saturated rings. The van der Waals surface area contributed by atoms with E-state index in [0.29, 0.717) is 11.9 Å². The monoisotopic (exact) mass is 364 g/mol. The molecule has 4 nitrogen and oxygen atoms in total. The molecule has 0 spiro atoms. The quantitative estimate of drug-likeness (QED) is 0.752. The summed E-state index contributed by atoms with van der Waals surface area (Å²) < 4.78 is 27.3. The zero-order valence-corrected chi connectivity index (χ0v) is 15.1. The van der Waals surface area contributed by atoms with Gasteiger partial charge in [-0.15, -0.1) is 12.4 Å². The SMILES string of the molecule is CCC(N)Cc1cn(S(=O)(=O)c2ccccc2)c2ccccc12.Cl. The largest absolute Gasteiger partial charge is 0.327 e. The third-order valence-corrected chi connectivity index (χ3v) is 5.75. The highest BCUT2D eigenvalue weighted by atomic mass is 35.5. The zero-order chi connectivity index (χ0) is 16.4. The molecular weight excluding hydrogens is 344 g/mol. The lowest BCUT2D eigenvalue weighted by Gasteiger charge is -2.07. The Morgan fingerprint density at radius 2 is 1.67 bits per heavy atom. The molecule has 0 radical (unpaired) electrons. The van der Waals surface area contributed by atoms with Gasteiger partial charge in [0.2, 0.25) is 0 Å². The van der Waals surface area contributed by atoms with Crippen molar-refractivity contribution in [1.29, 1.82) is 0 Å². The second-order valence-corrected chi connectivity index (χ2v) is 7.47. The van der Waals surface area contributed by atoms with Crippen LogP contribution in [-0.2, 0) is 16.4 Å². The molecule has 128 valence electrons. The van der Waals surface area contributed by atoms with Crippen molar-refractivity contribution in [2.75, 3.05) is 0 Å². The first kappa shape index (κ1) is 18.5. The first-order valence-electron chi connectivity index (χ1n) is 7.69. The van der Waals surface area contributed by atoms with Crippen molar-refractivity contribution in [2.24, 2.45) is 5.73 Å². The molecule has 2 N–H and O–H groups in total. The second kappa shape index (κ2) is 7.38. The van der Waals surface area contributed by atoms with Crippen LogP contribution in [0.25, 0.3) is 10.9 Å². The number of hydrogen-bond acceptors (Lipinski definition) is 3. The van der Waals surface area contributed by atoms with Crippen LogP contribution in [0.15, 0.2) is 65.7 Å². The van der Waals surface area contributed by atoms with Crippen LogP contribution in [0.4, 0.5) is 0 Å². The van der Waals surface area contributed by atoms with E-state index in [0.717, 1.165) is 17.4 Å². The van der Waals surface area contributed by atoms with Gasteiger partial charge in [0.1, 0.15) is 0 Å². The number of aromatic nitrogens is 1. The number of benzene rings is 2. The Morgan fingerprint density at radius 1 is 1.04 bits per heavy atom. The Balaban J connectivity index is 0.00000208. The molecule has 2 aromatic carbocycles. The summed E-state index contributed by atoms with van der Waals surface area (Å²) in [4.78, 5) is 0.284. The third-order valence-electron chi connectivity index (χ3n) is 4.07. The molecule has 0 aliphatic rings. The Hall–Kier alpha value is -1.82. The number of para-hydroxylation sites is 1. The fourth-order valence-corrected chi connectivity index (χ4v) is 4.12. The Labute approximate surface area is 148 Å². The zero-order valence-electron chi connectivity index (χ0n) is 13.4. The highest BCUT2D eigenvalue weighted by Gasteiger charge is 2.21. The van der Waals surface area contributed by atoms with E-state index in [9.17, 15) is 8.42 Å². The first-order valence-corrected chi connectivity index (χ1v) is 9.13. The van der Waals surface area contributed by atoms with Crippen molar-refractivity contribution in [3.63, 3.8) is 0 Å². The van der Waals surface area contributed by atoms with E-state index in [4.69, 9.17) is 5.73 Å². The fraction of sp³-hybridized carbons (Fsp3) is 0.222. The molecule has 0 saturated heterocycles. The van der Waals surface area contributed by atoms with Gasteiger partial charge in [-0.3, -0.25) is 0 Å². The van der Waals surface area contributed by atoms with E-state index < -0.39 is 10.0 Å². The van der Waals surface area contributed by atoms with Crippen LogP contribution < -0.4 is 5.73 Å². The third kappa shape index (κ3) is 3.34. The predicted octanol–water partition coefficient (Wildman–Crippen LogP) is 3.58. The molecule has 0 aliphatic carbocycles. The molecule has 0 amide bonds. The molecule has 1 unspecified atom stereocenters. The molecule has 24 heavy (non-hydrogen) atoms. The minimum Gasteiger partial charge on any atom is -0.327 e. The summed E-state index contributed by atoms with van der Waals surface area (Å²) in [6.07, 6.45) is 3.22. The lowest BCUT2D eigenvalue weighted by Crippen LogP contribution is -2.21. The van der Waals surface area contributed by atoms with E-state index in [1.165, 1.54) is 3.97 Å². The van der Waals surface area contributed by atoms with E-state index >= 15 is 0 Å². The van der Waals surface area contributed by atoms with Crippen LogP contribution >= 0.6 is 12.4 Å². The molecule has 3 aromatic rings. The lowest BCUT2D eigenvalue weighted by molar-refractivity contribution is 0.588. The Morgan fingerprint density at radius 3 is 2.33 bits per heavy atom. The van der Waals surface area contributed by atoms with Crippen LogP contribution in [-0.4, -0.2) is 18.4 Å². The molecule has 0 aliphatic heterocycles. The number of halogens is 1. The van der Waals surface area contributed by atoms with Gasteiger partial charge in [-0.1, -0.05) is 43.3 Å². The Kier molecular flexibility index (Phi) is 5.70. The van der Waals surface area contributed by atoms with Crippen LogP contribution in [0.5, 0.6) is 0 Å². The maximum absolute atomic E-state index is 12.9. The summed E-state index contributed by atoms with van der Waals surface area (Å²) in [6, 6.07) is 16.1. The van der Waals surface area contributed by atoms with Gasteiger partial charge in [-0.25, -0.2) is 12.4 Å². The standard InChI is InChI=1S/C18H20N2O2S.ClH/c1-2-15(19)12-14-13-20(18-11-7-6-10-17(14)18)23(21,22)16-8-4-3-5-9-16;/h3-11,13,15H,2,12,19H2,1H3;1H. The predicted molar refractivity (Wildman–Crippen MR) is 100 cm³/mol. The van der Waals surface area contributed by atoms with Gasteiger partial charge in [0.15, 0.2) is 0 Å². The number of rotatable bonds is 5. The van der Waals surface area contributed by atoms with Crippen LogP contribution in [0.2, 0.25) is 0 Å². The average molecular weight is 365 g/mol. The highest BCUT2D eigenvalue weighted by Crippen LogP contribution is 2.26. The summed E-state index contributed by atoms with van der Waals surface area (Å²) in [5.74, 6) is 0. The van der Waals surface area contributed by atoms with Crippen molar-refractivity contribution in [3.05, 3.63) is 66.4 Å².